The fraction of sp³-hybridized carbons (Fsp3) is 0.364. The van der Waals surface area contributed by atoms with Gasteiger partial charge in [0.15, 0.2) is 15.1 Å². The number of nitriles is 1. The summed E-state index contributed by atoms with van der Waals surface area (Å²) in [5.41, 5.74) is 6.59. The van der Waals surface area contributed by atoms with Crippen LogP contribution in [0.1, 0.15) is 18.9 Å². The molecule has 2 N–H and O–H groups in total. The van der Waals surface area contributed by atoms with Crippen LogP contribution in [0.25, 0.3) is 0 Å². The molecule has 5 heteroatoms. The summed E-state index contributed by atoms with van der Waals surface area (Å²) in [7, 11) is -3.60. The fourth-order valence-corrected chi connectivity index (χ4v) is 3.17. The quantitative estimate of drug-likeness (QED) is 0.811. The van der Waals surface area contributed by atoms with Crippen LogP contribution in [0.3, 0.4) is 0 Å². The van der Waals surface area contributed by atoms with E-state index in [-0.39, 0.29) is 11.3 Å². The van der Waals surface area contributed by atoms with Crippen LogP contribution in [0.2, 0.25) is 0 Å². The van der Waals surface area contributed by atoms with E-state index in [1.165, 1.54) is 6.07 Å². The Labute approximate surface area is 95.6 Å². The minimum absolute atomic E-state index is 0.154. The largest absolute Gasteiger partial charge is 0.398 e. The Kier molecular flexibility index (Phi) is 3.55. The fourth-order valence-electron chi connectivity index (χ4n) is 1.47. The molecule has 86 valence electrons. The van der Waals surface area contributed by atoms with Crippen molar-refractivity contribution in [2.24, 2.45) is 0 Å². The Morgan fingerprint density at radius 2 is 2.12 bits per heavy atom. The summed E-state index contributed by atoms with van der Waals surface area (Å²) in [5, 5.41) is 7.82. The van der Waals surface area contributed by atoms with E-state index in [2.05, 4.69) is 0 Å². The molecule has 16 heavy (non-hydrogen) atoms. The van der Waals surface area contributed by atoms with Gasteiger partial charge in [-0.15, -0.1) is 0 Å². The SMILES string of the molecule is CCC(C#N)S(=O)(=O)c1cccc(N)c1C. The molecule has 0 fully saturated rings. The van der Waals surface area contributed by atoms with Crippen molar-refractivity contribution in [3.63, 3.8) is 0 Å². The van der Waals surface area contributed by atoms with Crippen LogP contribution >= 0.6 is 0 Å². The smallest absolute Gasteiger partial charge is 0.194 e. The highest BCUT2D eigenvalue weighted by Crippen LogP contribution is 2.25. The minimum atomic E-state index is -3.60. The van der Waals surface area contributed by atoms with Crippen LogP contribution < -0.4 is 5.73 Å². The second-order valence-electron chi connectivity index (χ2n) is 3.54. The van der Waals surface area contributed by atoms with E-state index in [1.54, 1.807) is 26.0 Å². The van der Waals surface area contributed by atoms with Crippen LogP contribution in [0.4, 0.5) is 5.69 Å². The molecule has 1 atom stereocenters. The molecule has 0 amide bonds. The van der Waals surface area contributed by atoms with E-state index in [1.807, 2.05) is 6.07 Å². The molecule has 0 radical (unpaired) electrons. The third kappa shape index (κ3) is 2.02. The summed E-state index contributed by atoms with van der Waals surface area (Å²) >= 11 is 0. The topological polar surface area (TPSA) is 84.0 Å². The van der Waals surface area contributed by atoms with E-state index in [0.717, 1.165) is 0 Å². The van der Waals surface area contributed by atoms with Crippen molar-refractivity contribution in [3.05, 3.63) is 23.8 Å². The van der Waals surface area contributed by atoms with Gasteiger partial charge in [0.2, 0.25) is 0 Å². The van der Waals surface area contributed by atoms with Gasteiger partial charge >= 0.3 is 0 Å². The first-order chi connectivity index (χ1) is 7.45. The van der Waals surface area contributed by atoms with Crippen molar-refractivity contribution >= 4 is 15.5 Å². The molecule has 0 saturated carbocycles. The maximum absolute atomic E-state index is 12.1. The second kappa shape index (κ2) is 4.54. The Morgan fingerprint density at radius 1 is 1.50 bits per heavy atom. The van der Waals surface area contributed by atoms with Gasteiger partial charge in [0, 0.05) is 5.69 Å². The molecule has 4 nitrogen and oxygen atoms in total. The summed E-state index contributed by atoms with van der Waals surface area (Å²) in [6.45, 7) is 3.32. The number of anilines is 1. The third-order valence-electron chi connectivity index (χ3n) is 2.52. The Bertz CT molecular complexity index is 529. The van der Waals surface area contributed by atoms with Crippen molar-refractivity contribution in [1.29, 1.82) is 5.26 Å². The predicted molar refractivity (Wildman–Crippen MR) is 62.5 cm³/mol. The van der Waals surface area contributed by atoms with E-state index in [9.17, 15) is 8.42 Å². The number of benzene rings is 1. The second-order valence-corrected chi connectivity index (χ2v) is 5.64. The molecule has 0 aliphatic carbocycles. The zero-order chi connectivity index (χ0) is 12.3. The Hall–Kier alpha value is -1.54. The molecule has 1 aromatic rings. The van der Waals surface area contributed by atoms with Crippen LogP contribution in [0.15, 0.2) is 23.1 Å². The molecule has 1 aromatic carbocycles. The lowest BCUT2D eigenvalue weighted by Crippen LogP contribution is -2.20. The molecule has 0 aromatic heterocycles. The van der Waals surface area contributed by atoms with E-state index < -0.39 is 15.1 Å². The summed E-state index contributed by atoms with van der Waals surface area (Å²) in [6, 6.07) is 6.52. The highest BCUT2D eigenvalue weighted by atomic mass is 32.2. The molecule has 1 rings (SSSR count). The van der Waals surface area contributed by atoms with Gasteiger partial charge in [0.05, 0.1) is 11.0 Å². The molecule has 0 bridgehead atoms. The van der Waals surface area contributed by atoms with Gasteiger partial charge in [-0.2, -0.15) is 5.26 Å². The molecule has 0 saturated heterocycles. The van der Waals surface area contributed by atoms with Crippen molar-refractivity contribution in [3.8, 4) is 6.07 Å². The summed E-state index contributed by atoms with van der Waals surface area (Å²) in [4.78, 5) is 0.154. The Morgan fingerprint density at radius 3 is 2.62 bits per heavy atom. The van der Waals surface area contributed by atoms with Crippen LogP contribution in [0, 0.1) is 18.3 Å². The van der Waals surface area contributed by atoms with Gasteiger partial charge in [0.25, 0.3) is 0 Å². The van der Waals surface area contributed by atoms with Crippen molar-refractivity contribution in [2.75, 3.05) is 5.73 Å². The van der Waals surface area contributed by atoms with E-state index in [0.29, 0.717) is 11.3 Å². The average molecular weight is 238 g/mol. The molecule has 0 aliphatic rings. The maximum atomic E-state index is 12.1. The first kappa shape index (κ1) is 12.5. The zero-order valence-corrected chi connectivity index (χ0v) is 10.1. The van der Waals surface area contributed by atoms with Gasteiger partial charge in [0.1, 0.15) is 0 Å². The van der Waals surface area contributed by atoms with Gasteiger partial charge in [-0.05, 0) is 31.0 Å². The summed E-state index contributed by atoms with van der Waals surface area (Å²) in [5.74, 6) is 0. The monoisotopic (exact) mass is 238 g/mol. The van der Waals surface area contributed by atoms with Crippen molar-refractivity contribution in [1.82, 2.24) is 0 Å². The summed E-state index contributed by atoms with van der Waals surface area (Å²) in [6.07, 6.45) is 0.271. The highest BCUT2D eigenvalue weighted by Gasteiger charge is 2.27. The number of hydrogen-bond acceptors (Lipinski definition) is 4. The number of nitrogen functional groups attached to an aromatic ring is 1. The number of rotatable bonds is 3. The molecule has 0 aliphatic heterocycles. The number of nitrogens with zero attached hydrogens (tertiary/aromatic N) is 1. The van der Waals surface area contributed by atoms with Gasteiger partial charge < -0.3 is 5.73 Å². The number of hydrogen-bond donors (Lipinski definition) is 1. The first-order valence-electron chi connectivity index (χ1n) is 4.93. The zero-order valence-electron chi connectivity index (χ0n) is 9.27. The lowest BCUT2D eigenvalue weighted by Gasteiger charge is -2.12. The van der Waals surface area contributed by atoms with Gasteiger partial charge in [-0.3, -0.25) is 0 Å². The van der Waals surface area contributed by atoms with Gasteiger partial charge in [-0.1, -0.05) is 13.0 Å². The van der Waals surface area contributed by atoms with Crippen LogP contribution in [-0.2, 0) is 9.84 Å². The van der Waals surface area contributed by atoms with E-state index in [4.69, 9.17) is 11.0 Å². The minimum Gasteiger partial charge on any atom is -0.398 e. The lowest BCUT2D eigenvalue weighted by molar-refractivity contribution is 0.587. The average Bonchev–Trinajstić information content (AvgIpc) is 2.23. The summed E-state index contributed by atoms with van der Waals surface area (Å²) < 4.78 is 24.2. The third-order valence-corrected chi connectivity index (χ3v) is 4.77. The number of nitrogens with two attached hydrogens (primary N) is 1. The highest BCUT2D eigenvalue weighted by molar-refractivity contribution is 7.92. The molecular weight excluding hydrogens is 224 g/mol. The molecule has 0 spiro atoms. The molecule has 1 unspecified atom stereocenters. The van der Waals surface area contributed by atoms with Crippen LogP contribution in [-0.4, -0.2) is 13.7 Å². The normalized spacial score (nSPS) is 13.1. The Balaban J connectivity index is 3.40. The lowest BCUT2D eigenvalue weighted by atomic mass is 10.2. The van der Waals surface area contributed by atoms with Crippen molar-refractivity contribution in [2.45, 2.75) is 30.4 Å². The first-order valence-corrected chi connectivity index (χ1v) is 6.48. The standard InChI is InChI=1S/C11H14N2O2S/c1-3-9(7-12)16(14,15)11-6-4-5-10(13)8(11)2/h4-6,9H,3,13H2,1-2H3. The number of sulfone groups is 1. The van der Waals surface area contributed by atoms with Gasteiger partial charge in [-0.25, -0.2) is 8.42 Å². The molecule has 0 heterocycles. The maximum Gasteiger partial charge on any atom is 0.194 e. The molecular formula is C11H14N2O2S. The van der Waals surface area contributed by atoms with Crippen LogP contribution in [0.5, 0.6) is 0 Å². The van der Waals surface area contributed by atoms with E-state index >= 15 is 0 Å². The van der Waals surface area contributed by atoms with Crippen molar-refractivity contribution < 1.29 is 8.42 Å². The predicted octanol–water partition coefficient (Wildman–Crippen LogP) is 1.65.